The number of hydrogen-bond donors (Lipinski definition) is 1. The topological polar surface area (TPSA) is 32.3 Å². The monoisotopic (exact) mass is 184 g/mol. The first kappa shape index (κ1) is 9.22. The van der Waals surface area contributed by atoms with Crippen LogP contribution < -0.4 is 5.43 Å². The fraction of sp³-hybridized carbons (Fsp3) is 0.375. The molecule has 0 saturated heterocycles. The third kappa shape index (κ3) is 2.06. The van der Waals surface area contributed by atoms with Crippen LogP contribution in [0.2, 0.25) is 0 Å². The first-order valence-corrected chi connectivity index (χ1v) is 4.51. The Bertz CT molecular complexity index is 280. The lowest BCUT2D eigenvalue weighted by Gasteiger charge is -2.10. The van der Waals surface area contributed by atoms with Gasteiger partial charge in [0.15, 0.2) is 0 Å². The summed E-state index contributed by atoms with van der Waals surface area (Å²) in [6, 6.07) is 1.94. The van der Waals surface area contributed by atoms with Gasteiger partial charge in [-0.25, -0.2) is 5.01 Å². The third-order valence-corrected chi connectivity index (χ3v) is 2.41. The maximum absolute atomic E-state index is 11.4. The molecule has 0 aliphatic carbocycles. The van der Waals surface area contributed by atoms with Gasteiger partial charge in [-0.05, 0) is 23.9 Å². The molecule has 1 rings (SSSR count). The first-order valence-electron chi connectivity index (χ1n) is 3.63. The second-order valence-corrected chi connectivity index (χ2v) is 3.68. The molecule has 0 radical (unpaired) electrons. The Morgan fingerprint density at radius 2 is 2.25 bits per heavy atom. The first-order chi connectivity index (χ1) is 5.61. The molecule has 0 aliphatic heterocycles. The highest BCUT2D eigenvalue weighted by Gasteiger charge is 2.09. The van der Waals surface area contributed by atoms with E-state index in [9.17, 15) is 4.79 Å². The standard InChI is InChI=1S/C8H12N2OS/c1-6-4-5-12-7(6)8(11)9-10(2)3/h4-5H,1-3H3,(H,9,11). The normalized spacial score (nSPS) is 10.3. The van der Waals surface area contributed by atoms with Gasteiger partial charge < -0.3 is 0 Å². The van der Waals surface area contributed by atoms with Crippen LogP contribution in [-0.4, -0.2) is 25.0 Å². The van der Waals surface area contributed by atoms with E-state index in [1.165, 1.54) is 11.3 Å². The van der Waals surface area contributed by atoms with Gasteiger partial charge in [0.2, 0.25) is 0 Å². The molecule has 1 amide bonds. The number of carbonyl (C=O) groups is 1. The van der Waals surface area contributed by atoms with Crippen molar-refractivity contribution < 1.29 is 4.79 Å². The second-order valence-electron chi connectivity index (χ2n) is 2.77. The van der Waals surface area contributed by atoms with E-state index >= 15 is 0 Å². The van der Waals surface area contributed by atoms with E-state index in [0.29, 0.717) is 0 Å². The predicted octanol–water partition coefficient (Wildman–Crippen LogP) is 1.26. The number of rotatable bonds is 2. The quantitative estimate of drug-likeness (QED) is 0.702. The van der Waals surface area contributed by atoms with Gasteiger partial charge in [-0.3, -0.25) is 10.2 Å². The molecule has 1 N–H and O–H groups in total. The van der Waals surface area contributed by atoms with Gasteiger partial charge in [0.1, 0.15) is 0 Å². The van der Waals surface area contributed by atoms with E-state index in [4.69, 9.17) is 0 Å². The Hall–Kier alpha value is -0.870. The van der Waals surface area contributed by atoms with Gasteiger partial charge >= 0.3 is 0 Å². The lowest BCUT2D eigenvalue weighted by molar-refractivity contribution is 0.0861. The van der Waals surface area contributed by atoms with E-state index in [-0.39, 0.29) is 5.91 Å². The Balaban J connectivity index is 2.72. The van der Waals surface area contributed by atoms with Gasteiger partial charge in [0, 0.05) is 14.1 Å². The second kappa shape index (κ2) is 3.69. The van der Waals surface area contributed by atoms with Crippen molar-refractivity contribution in [2.45, 2.75) is 6.92 Å². The van der Waals surface area contributed by atoms with Crippen molar-refractivity contribution in [1.82, 2.24) is 10.4 Å². The summed E-state index contributed by atoms with van der Waals surface area (Å²) in [5.41, 5.74) is 3.72. The summed E-state index contributed by atoms with van der Waals surface area (Å²) < 4.78 is 0. The summed E-state index contributed by atoms with van der Waals surface area (Å²) in [6.07, 6.45) is 0. The van der Waals surface area contributed by atoms with Crippen LogP contribution in [0.5, 0.6) is 0 Å². The highest BCUT2D eigenvalue weighted by molar-refractivity contribution is 7.12. The summed E-state index contributed by atoms with van der Waals surface area (Å²) in [5.74, 6) is -0.0347. The summed E-state index contributed by atoms with van der Waals surface area (Å²) in [4.78, 5) is 12.2. The van der Waals surface area contributed by atoms with Crippen molar-refractivity contribution in [2.24, 2.45) is 0 Å². The zero-order valence-electron chi connectivity index (χ0n) is 7.42. The van der Waals surface area contributed by atoms with Crippen molar-refractivity contribution in [3.05, 3.63) is 21.9 Å². The predicted molar refractivity (Wildman–Crippen MR) is 50.2 cm³/mol. The van der Waals surface area contributed by atoms with E-state index in [1.54, 1.807) is 19.1 Å². The van der Waals surface area contributed by atoms with E-state index in [1.807, 2.05) is 18.4 Å². The van der Waals surface area contributed by atoms with Gasteiger partial charge in [-0.15, -0.1) is 11.3 Å². The molecule has 0 aromatic carbocycles. The third-order valence-electron chi connectivity index (χ3n) is 1.39. The molecule has 0 unspecified atom stereocenters. The number of aryl methyl sites for hydroxylation is 1. The Labute approximate surface area is 76.0 Å². The van der Waals surface area contributed by atoms with E-state index in [2.05, 4.69) is 5.43 Å². The average Bonchev–Trinajstić information content (AvgIpc) is 2.33. The lowest BCUT2D eigenvalue weighted by atomic mass is 10.3. The molecule has 4 heteroatoms. The Morgan fingerprint density at radius 3 is 2.67 bits per heavy atom. The fourth-order valence-corrected chi connectivity index (χ4v) is 1.67. The number of nitrogens with zero attached hydrogens (tertiary/aromatic N) is 1. The summed E-state index contributed by atoms with van der Waals surface area (Å²) in [6.45, 7) is 1.93. The molecule has 0 aliphatic rings. The molecule has 0 fully saturated rings. The number of thiophene rings is 1. The molecular formula is C8H12N2OS. The minimum Gasteiger partial charge on any atom is -0.285 e. The largest absolute Gasteiger partial charge is 0.285 e. The maximum atomic E-state index is 11.4. The van der Waals surface area contributed by atoms with Crippen molar-refractivity contribution >= 4 is 17.2 Å². The zero-order chi connectivity index (χ0) is 9.14. The Morgan fingerprint density at radius 1 is 1.58 bits per heavy atom. The van der Waals surface area contributed by atoms with E-state index in [0.717, 1.165) is 10.4 Å². The van der Waals surface area contributed by atoms with E-state index < -0.39 is 0 Å². The molecule has 12 heavy (non-hydrogen) atoms. The van der Waals surface area contributed by atoms with Crippen LogP contribution in [0.15, 0.2) is 11.4 Å². The molecule has 0 saturated carbocycles. The van der Waals surface area contributed by atoms with Crippen LogP contribution in [0, 0.1) is 6.92 Å². The Kier molecular flexibility index (Phi) is 2.83. The van der Waals surface area contributed by atoms with Crippen molar-refractivity contribution in [3.63, 3.8) is 0 Å². The maximum Gasteiger partial charge on any atom is 0.275 e. The number of amides is 1. The lowest BCUT2D eigenvalue weighted by Crippen LogP contribution is -2.35. The molecule has 1 aromatic heterocycles. The van der Waals surface area contributed by atoms with Crippen LogP contribution in [-0.2, 0) is 0 Å². The number of carbonyl (C=O) groups excluding carboxylic acids is 1. The molecule has 0 atom stereocenters. The van der Waals surface area contributed by atoms with Crippen molar-refractivity contribution in [2.75, 3.05) is 14.1 Å². The molecule has 1 heterocycles. The van der Waals surface area contributed by atoms with Crippen molar-refractivity contribution in [1.29, 1.82) is 0 Å². The molecule has 3 nitrogen and oxygen atoms in total. The van der Waals surface area contributed by atoms with Crippen LogP contribution in [0.3, 0.4) is 0 Å². The van der Waals surface area contributed by atoms with Gasteiger partial charge in [0.05, 0.1) is 4.88 Å². The SMILES string of the molecule is Cc1ccsc1C(=O)NN(C)C. The van der Waals surface area contributed by atoms with Crippen LogP contribution in [0.4, 0.5) is 0 Å². The van der Waals surface area contributed by atoms with Crippen LogP contribution in [0.1, 0.15) is 15.2 Å². The number of hydrazine groups is 1. The molecule has 66 valence electrons. The minimum atomic E-state index is -0.0347. The molecule has 0 spiro atoms. The van der Waals surface area contributed by atoms with Crippen LogP contribution >= 0.6 is 11.3 Å². The molecular weight excluding hydrogens is 172 g/mol. The minimum absolute atomic E-state index is 0.0347. The highest BCUT2D eigenvalue weighted by Crippen LogP contribution is 2.14. The highest BCUT2D eigenvalue weighted by atomic mass is 32.1. The number of hydrogen-bond acceptors (Lipinski definition) is 3. The summed E-state index contributed by atoms with van der Waals surface area (Å²) in [7, 11) is 3.58. The summed E-state index contributed by atoms with van der Waals surface area (Å²) >= 11 is 1.46. The fourth-order valence-electron chi connectivity index (χ4n) is 0.859. The molecule has 0 bridgehead atoms. The molecule has 1 aromatic rings. The van der Waals surface area contributed by atoms with Crippen molar-refractivity contribution in [3.8, 4) is 0 Å². The smallest absolute Gasteiger partial charge is 0.275 e. The van der Waals surface area contributed by atoms with Gasteiger partial charge in [0.25, 0.3) is 5.91 Å². The average molecular weight is 184 g/mol. The van der Waals surface area contributed by atoms with Crippen LogP contribution in [0.25, 0.3) is 0 Å². The zero-order valence-corrected chi connectivity index (χ0v) is 8.23. The summed E-state index contributed by atoms with van der Waals surface area (Å²) in [5, 5.41) is 3.56. The van der Waals surface area contributed by atoms with Gasteiger partial charge in [-0.1, -0.05) is 0 Å². The number of nitrogens with one attached hydrogen (secondary N) is 1. The van der Waals surface area contributed by atoms with Gasteiger partial charge in [-0.2, -0.15) is 0 Å².